The standard InChI is InChI=1S/C23H26N2O5/c1-14(2)9-10-30-19-8-5-15(11-20(19)29-4)13-24-21(26)16-6-7-17-18(12-16)23(28)25(3)22(17)27/h5-8,11-12,14H,9-10,13H2,1-4H3,(H,24,26). The van der Waals surface area contributed by atoms with Crippen LogP contribution in [0.4, 0.5) is 0 Å². The van der Waals surface area contributed by atoms with E-state index in [9.17, 15) is 14.4 Å². The molecule has 0 spiro atoms. The van der Waals surface area contributed by atoms with Crippen LogP contribution in [-0.2, 0) is 6.54 Å². The summed E-state index contributed by atoms with van der Waals surface area (Å²) in [5.41, 5.74) is 1.74. The summed E-state index contributed by atoms with van der Waals surface area (Å²) >= 11 is 0. The normalized spacial score (nSPS) is 12.9. The lowest BCUT2D eigenvalue weighted by atomic mass is 10.1. The Morgan fingerprint density at radius 2 is 1.77 bits per heavy atom. The van der Waals surface area contributed by atoms with Gasteiger partial charge in [0.1, 0.15) is 0 Å². The van der Waals surface area contributed by atoms with Crippen LogP contribution in [0.15, 0.2) is 36.4 Å². The fourth-order valence-electron chi connectivity index (χ4n) is 3.13. The average molecular weight is 410 g/mol. The molecule has 158 valence electrons. The van der Waals surface area contributed by atoms with Crippen molar-refractivity contribution in [2.24, 2.45) is 5.92 Å². The Morgan fingerprint density at radius 1 is 1.03 bits per heavy atom. The molecule has 7 nitrogen and oxygen atoms in total. The predicted molar refractivity (Wildman–Crippen MR) is 112 cm³/mol. The topological polar surface area (TPSA) is 84.9 Å². The first kappa shape index (κ1) is 21.4. The molecule has 1 aliphatic heterocycles. The number of rotatable bonds is 8. The van der Waals surface area contributed by atoms with Gasteiger partial charge in [-0.25, -0.2) is 0 Å². The highest BCUT2D eigenvalue weighted by molar-refractivity contribution is 6.21. The quantitative estimate of drug-likeness (QED) is 0.675. The summed E-state index contributed by atoms with van der Waals surface area (Å²) in [4.78, 5) is 37.7. The molecule has 7 heteroatoms. The highest BCUT2D eigenvalue weighted by Crippen LogP contribution is 2.28. The van der Waals surface area contributed by atoms with Crippen molar-refractivity contribution < 1.29 is 23.9 Å². The Hall–Kier alpha value is -3.35. The minimum atomic E-state index is -0.401. The van der Waals surface area contributed by atoms with E-state index in [4.69, 9.17) is 9.47 Å². The summed E-state index contributed by atoms with van der Waals surface area (Å²) < 4.78 is 11.2. The third-order valence-corrected chi connectivity index (χ3v) is 4.99. The molecular formula is C23H26N2O5. The zero-order chi connectivity index (χ0) is 21.8. The molecule has 1 N–H and O–H groups in total. The number of fused-ring (bicyclic) bond motifs is 1. The van der Waals surface area contributed by atoms with Gasteiger partial charge < -0.3 is 14.8 Å². The summed E-state index contributed by atoms with van der Waals surface area (Å²) in [5.74, 6) is 0.740. The van der Waals surface area contributed by atoms with E-state index in [1.165, 1.54) is 19.2 Å². The molecule has 3 rings (SSSR count). The van der Waals surface area contributed by atoms with E-state index >= 15 is 0 Å². The molecule has 0 fully saturated rings. The Kier molecular flexibility index (Phi) is 6.40. The molecule has 0 aliphatic carbocycles. The summed E-state index contributed by atoms with van der Waals surface area (Å²) in [6, 6.07) is 10.0. The van der Waals surface area contributed by atoms with E-state index in [-0.39, 0.29) is 23.9 Å². The van der Waals surface area contributed by atoms with Gasteiger partial charge in [0, 0.05) is 19.2 Å². The summed E-state index contributed by atoms with van der Waals surface area (Å²) in [6.45, 7) is 5.17. The number of hydrogen-bond acceptors (Lipinski definition) is 5. The third-order valence-electron chi connectivity index (χ3n) is 4.99. The van der Waals surface area contributed by atoms with Gasteiger partial charge in [0.15, 0.2) is 11.5 Å². The maximum absolute atomic E-state index is 12.5. The maximum atomic E-state index is 12.5. The maximum Gasteiger partial charge on any atom is 0.261 e. The number of imide groups is 1. The number of amides is 3. The molecule has 0 saturated carbocycles. The zero-order valence-corrected chi connectivity index (χ0v) is 17.7. The number of nitrogens with zero attached hydrogens (tertiary/aromatic N) is 1. The molecule has 0 saturated heterocycles. The predicted octanol–water partition coefficient (Wildman–Crippen LogP) is 3.28. The van der Waals surface area contributed by atoms with Gasteiger partial charge in [-0.2, -0.15) is 0 Å². The lowest BCUT2D eigenvalue weighted by Gasteiger charge is -2.13. The van der Waals surface area contributed by atoms with Crippen molar-refractivity contribution in [3.05, 3.63) is 58.7 Å². The largest absolute Gasteiger partial charge is 0.493 e. The van der Waals surface area contributed by atoms with E-state index in [0.29, 0.717) is 35.2 Å². The number of methoxy groups -OCH3 is 1. The van der Waals surface area contributed by atoms with Crippen LogP contribution in [0.5, 0.6) is 11.5 Å². The van der Waals surface area contributed by atoms with Crippen LogP contribution >= 0.6 is 0 Å². The van der Waals surface area contributed by atoms with Crippen LogP contribution in [0.3, 0.4) is 0 Å². The van der Waals surface area contributed by atoms with Crippen LogP contribution in [0.25, 0.3) is 0 Å². The number of benzene rings is 2. The molecule has 0 unspecified atom stereocenters. The van der Waals surface area contributed by atoms with E-state index in [1.807, 2.05) is 18.2 Å². The monoisotopic (exact) mass is 410 g/mol. The number of ether oxygens (including phenoxy) is 2. The van der Waals surface area contributed by atoms with E-state index in [0.717, 1.165) is 16.9 Å². The molecule has 3 amide bonds. The van der Waals surface area contributed by atoms with E-state index in [1.54, 1.807) is 13.2 Å². The third kappa shape index (κ3) is 4.45. The second-order valence-corrected chi connectivity index (χ2v) is 7.63. The molecule has 1 aliphatic rings. The Balaban J connectivity index is 1.65. The van der Waals surface area contributed by atoms with Crippen LogP contribution < -0.4 is 14.8 Å². The molecule has 2 aromatic carbocycles. The zero-order valence-electron chi connectivity index (χ0n) is 17.7. The fraction of sp³-hybridized carbons (Fsp3) is 0.348. The fourth-order valence-corrected chi connectivity index (χ4v) is 3.13. The second kappa shape index (κ2) is 8.98. The van der Waals surface area contributed by atoms with Gasteiger partial charge in [0.2, 0.25) is 0 Å². The van der Waals surface area contributed by atoms with Gasteiger partial charge in [0.25, 0.3) is 17.7 Å². The van der Waals surface area contributed by atoms with Crippen LogP contribution in [0, 0.1) is 5.92 Å². The van der Waals surface area contributed by atoms with Crippen LogP contribution in [0.2, 0.25) is 0 Å². The minimum Gasteiger partial charge on any atom is -0.493 e. The Bertz CT molecular complexity index is 984. The Labute approximate surface area is 176 Å². The molecule has 2 aromatic rings. The van der Waals surface area contributed by atoms with Crippen molar-refractivity contribution in [1.29, 1.82) is 0 Å². The van der Waals surface area contributed by atoms with E-state index in [2.05, 4.69) is 19.2 Å². The summed E-state index contributed by atoms with van der Waals surface area (Å²) in [6.07, 6.45) is 0.950. The van der Waals surface area contributed by atoms with Gasteiger partial charge in [-0.05, 0) is 48.2 Å². The molecule has 0 aromatic heterocycles. The molecule has 0 atom stereocenters. The lowest BCUT2D eigenvalue weighted by molar-refractivity contribution is 0.0693. The average Bonchev–Trinajstić information content (AvgIpc) is 2.96. The first-order valence-electron chi connectivity index (χ1n) is 9.86. The molecule has 30 heavy (non-hydrogen) atoms. The number of carbonyl (C=O) groups excluding carboxylic acids is 3. The van der Waals surface area contributed by atoms with Crippen molar-refractivity contribution in [3.8, 4) is 11.5 Å². The van der Waals surface area contributed by atoms with Gasteiger partial charge in [0.05, 0.1) is 24.8 Å². The van der Waals surface area contributed by atoms with Crippen molar-refractivity contribution in [1.82, 2.24) is 10.2 Å². The van der Waals surface area contributed by atoms with Crippen LogP contribution in [-0.4, -0.2) is 43.4 Å². The first-order chi connectivity index (χ1) is 14.3. The number of carbonyl (C=O) groups is 3. The molecule has 0 bridgehead atoms. The molecular weight excluding hydrogens is 384 g/mol. The van der Waals surface area contributed by atoms with Crippen LogP contribution in [0.1, 0.15) is 56.9 Å². The van der Waals surface area contributed by atoms with Crippen molar-refractivity contribution in [3.63, 3.8) is 0 Å². The number of hydrogen-bond donors (Lipinski definition) is 1. The van der Waals surface area contributed by atoms with Gasteiger partial charge >= 0.3 is 0 Å². The SMILES string of the molecule is COc1cc(CNC(=O)c2ccc3c(c2)C(=O)N(C)C3=O)ccc1OCCC(C)C. The smallest absolute Gasteiger partial charge is 0.261 e. The van der Waals surface area contributed by atoms with Gasteiger partial charge in [-0.15, -0.1) is 0 Å². The highest BCUT2D eigenvalue weighted by atomic mass is 16.5. The highest BCUT2D eigenvalue weighted by Gasteiger charge is 2.33. The summed E-state index contributed by atoms with van der Waals surface area (Å²) in [7, 11) is 3.00. The number of nitrogens with one attached hydrogen (secondary N) is 1. The second-order valence-electron chi connectivity index (χ2n) is 7.63. The Morgan fingerprint density at radius 3 is 2.47 bits per heavy atom. The van der Waals surface area contributed by atoms with Gasteiger partial charge in [-0.3, -0.25) is 19.3 Å². The van der Waals surface area contributed by atoms with Crippen molar-refractivity contribution >= 4 is 17.7 Å². The molecule has 0 radical (unpaired) electrons. The van der Waals surface area contributed by atoms with Crippen molar-refractivity contribution in [2.45, 2.75) is 26.8 Å². The minimum absolute atomic E-state index is 0.250. The van der Waals surface area contributed by atoms with E-state index < -0.39 is 5.91 Å². The van der Waals surface area contributed by atoms with Crippen molar-refractivity contribution in [2.75, 3.05) is 20.8 Å². The summed E-state index contributed by atoms with van der Waals surface area (Å²) in [5, 5.41) is 2.83. The lowest BCUT2D eigenvalue weighted by Crippen LogP contribution is -2.24. The first-order valence-corrected chi connectivity index (χ1v) is 9.86. The van der Waals surface area contributed by atoms with Gasteiger partial charge in [-0.1, -0.05) is 19.9 Å². The molecule has 1 heterocycles.